The van der Waals surface area contributed by atoms with Crippen molar-refractivity contribution in [1.82, 2.24) is 24.5 Å². The molecule has 7 nitrogen and oxygen atoms in total. The predicted molar refractivity (Wildman–Crippen MR) is 102 cm³/mol. The average molecular weight is 373 g/mol. The third-order valence-electron chi connectivity index (χ3n) is 4.80. The van der Waals surface area contributed by atoms with Crippen LogP contribution in [-0.2, 0) is 17.8 Å². The summed E-state index contributed by atoms with van der Waals surface area (Å²) < 4.78 is 2.86. The molecule has 0 saturated heterocycles. The molecule has 138 valence electrons. The van der Waals surface area contributed by atoms with E-state index in [9.17, 15) is 9.59 Å². The molecule has 4 rings (SSSR count). The number of rotatable bonds is 5. The normalized spacial score (nSPS) is 14.7. The van der Waals surface area contributed by atoms with E-state index in [-0.39, 0.29) is 30.1 Å². The molecule has 1 aliphatic rings. The molecule has 8 heteroatoms. The largest absolute Gasteiger partial charge is 0.352 e. The molecule has 0 spiro atoms. The van der Waals surface area contributed by atoms with Crippen LogP contribution in [-0.4, -0.2) is 31.1 Å². The van der Waals surface area contributed by atoms with E-state index >= 15 is 0 Å². The average Bonchev–Trinajstić information content (AvgIpc) is 3.24. The standard InChI is InChI=1S/C18H23N5O2S/c1-5-12-10(4)26-17-14(12)16-21-22(8-13(24)19-11-6-7-11)18(25)23(16)15(20-17)9(2)3/h9,11H,5-8H2,1-4H3,(H,19,24). The quantitative estimate of drug-likeness (QED) is 0.744. The minimum Gasteiger partial charge on any atom is -0.352 e. The zero-order valence-corrected chi connectivity index (χ0v) is 16.3. The van der Waals surface area contributed by atoms with Gasteiger partial charge in [0.2, 0.25) is 5.91 Å². The van der Waals surface area contributed by atoms with E-state index in [2.05, 4.69) is 24.3 Å². The smallest absolute Gasteiger partial charge is 0.352 e. The van der Waals surface area contributed by atoms with Gasteiger partial charge in [-0.1, -0.05) is 20.8 Å². The molecule has 1 saturated carbocycles. The topological polar surface area (TPSA) is 81.3 Å². The Labute approximate surface area is 155 Å². The summed E-state index contributed by atoms with van der Waals surface area (Å²) in [6.45, 7) is 8.14. The molecule has 1 amide bonds. The number of thiophene rings is 1. The van der Waals surface area contributed by atoms with Gasteiger partial charge < -0.3 is 5.32 Å². The van der Waals surface area contributed by atoms with Crippen LogP contribution < -0.4 is 11.0 Å². The summed E-state index contributed by atoms with van der Waals surface area (Å²) in [6.07, 6.45) is 2.89. The van der Waals surface area contributed by atoms with Crippen LogP contribution in [0.15, 0.2) is 4.79 Å². The van der Waals surface area contributed by atoms with E-state index in [0.717, 1.165) is 29.5 Å². The first-order valence-electron chi connectivity index (χ1n) is 9.11. The zero-order valence-electron chi connectivity index (χ0n) is 15.5. The SMILES string of the molecule is CCc1c(C)sc2nc(C(C)C)n3c(=O)n(CC(=O)NC4CC4)nc3c12. The van der Waals surface area contributed by atoms with Crippen LogP contribution >= 0.6 is 11.3 Å². The number of carbonyl (C=O) groups is 1. The maximum atomic E-state index is 13.0. The van der Waals surface area contributed by atoms with Crippen LogP contribution in [0, 0.1) is 6.92 Å². The fourth-order valence-electron chi connectivity index (χ4n) is 3.36. The summed E-state index contributed by atoms with van der Waals surface area (Å²) in [7, 11) is 0. The third kappa shape index (κ3) is 2.72. The molecule has 1 N–H and O–H groups in total. The Morgan fingerprint density at radius 2 is 2.12 bits per heavy atom. The number of amides is 1. The highest BCUT2D eigenvalue weighted by atomic mass is 32.1. The lowest BCUT2D eigenvalue weighted by Crippen LogP contribution is -2.34. The van der Waals surface area contributed by atoms with Crippen molar-refractivity contribution in [3.05, 3.63) is 26.7 Å². The van der Waals surface area contributed by atoms with Crippen molar-refractivity contribution < 1.29 is 4.79 Å². The lowest BCUT2D eigenvalue weighted by Gasteiger charge is -2.07. The second-order valence-corrected chi connectivity index (χ2v) is 8.44. The molecular weight excluding hydrogens is 350 g/mol. The van der Waals surface area contributed by atoms with Gasteiger partial charge in [0.05, 0.1) is 5.39 Å². The number of aryl methyl sites for hydroxylation is 2. The van der Waals surface area contributed by atoms with Crippen molar-refractivity contribution in [1.29, 1.82) is 0 Å². The lowest BCUT2D eigenvalue weighted by atomic mass is 10.1. The maximum absolute atomic E-state index is 13.0. The highest BCUT2D eigenvalue weighted by Gasteiger charge is 2.25. The van der Waals surface area contributed by atoms with Gasteiger partial charge in [0.1, 0.15) is 17.2 Å². The monoisotopic (exact) mass is 373 g/mol. The minimum absolute atomic E-state index is 0.0549. The highest BCUT2D eigenvalue weighted by Crippen LogP contribution is 2.33. The fourth-order valence-corrected chi connectivity index (χ4v) is 4.47. The summed E-state index contributed by atoms with van der Waals surface area (Å²) >= 11 is 1.64. The molecule has 26 heavy (non-hydrogen) atoms. The first-order chi connectivity index (χ1) is 12.4. The number of hydrogen-bond donors (Lipinski definition) is 1. The van der Waals surface area contributed by atoms with E-state index < -0.39 is 0 Å². The zero-order chi connectivity index (χ0) is 18.6. The number of hydrogen-bond acceptors (Lipinski definition) is 5. The van der Waals surface area contributed by atoms with Gasteiger partial charge >= 0.3 is 5.69 Å². The summed E-state index contributed by atoms with van der Waals surface area (Å²) in [6, 6.07) is 0.265. The van der Waals surface area contributed by atoms with Crippen LogP contribution in [0.1, 0.15) is 55.8 Å². The molecule has 0 unspecified atom stereocenters. The van der Waals surface area contributed by atoms with Gasteiger partial charge in [-0.25, -0.2) is 18.9 Å². The van der Waals surface area contributed by atoms with Crippen LogP contribution in [0.25, 0.3) is 15.9 Å². The van der Waals surface area contributed by atoms with Crippen molar-refractivity contribution in [3.8, 4) is 0 Å². The van der Waals surface area contributed by atoms with E-state index in [0.29, 0.717) is 11.5 Å². The van der Waals surface area contributed by atoms with Crippen molar-refractivity contribution >= 4 is 33.1 Å². The molecule has 1 aliphatic carbocycles. The molecule has 3 heterocycles. The first-order valence-corrected chi connectivity index (χ1v) is 9.93. The number of nitrogens with one attached hydrogen (secondary N) is 1. The van der Waals surface area contributed by atoms with Crippen LogP contribution in [0.4, 0.5) is 0 Å². The Hall–Kier alpha value is -2.22. The van der Waals surface area contributed by atoms with Gasteiger partial charge in [-0.2, -0.15) is 0 Å². The molecule has 0 atom stereocenters. The van der Waals surface area contributed by atoms with Crippen molar-refractivity contribution in [2.45, 2.75) is 65.5 Å². The van der Waals surface area contributed by atoms with Crippen molar-refractivity contribution in [3.63, 3.8) is 0 Å². The number of carbonyl (C=O) groups excluding carboxylic acids is 1. The summed E-state index contributed by atoms with van der Waals surface area (Å²) in [5.74, 6) is 0.603. The molecule has 0 bridgehead atoms. The third-order valence-corrected chi connectivity index (χ3v) is 5.85. The fraction of sp³-hybridized carbons (Fsp3) is 0.556. The molecule has 3 aromatic heterocycles. The Morgan fingerprint density at radius 1 is 1.38 bits per heavy atom. The summed E-state index contributed by atoms with van der Waals surface area (Å²) in [4.78, 5) is 32.0. The molecular formula is C18H23N5O2S. The first kappa shape index (κ1) is 17.2. The number of fused-ring (bicyclic) bond motifs is 3. The summed E-state index contributed by atoms with van der Waals surface area (Å²) in [5.41, 5.74) is 1.50. The van der Waals surface area contributed by atoms with Gasteiger partial charge in [0.15, 0.2) is 5.65 Å². The molecule has 0 radical (unpaired) electrons. The second kappa shape index (κ2) is 6.19. The van der Waals surface area contributed by atoms with E-state index in [1.165, 1.54) is 15.1 Å². The van der Waals surface area contributed by atoms with Gasteiger partial charge in [0.25, 0.3) is 0 Å². The van der Waals surface area contributed by atoms with E-state index in [4.69, 9.17) is 4.98 Å². The van der Waals surface area contributed by atoms with Gasteiger partial charge in [0, 0.05) is 16.8 Å². The Balaban J connectivity index is 1.94. The number of aromatic nitrogens is 4. The Bertz CT molecular complexity index is 1070. The lowest BCUT2D eigenvalue weighted by molar-refractivity contribution is -0.122. The maximum Gasteiger partial charge on any atom is 0.352 e. The van der Waals surface area contributed by atoms with E-state index in [1.807, 2.05) is 13.8 Å². The van der Waals surface area contributed by atoms with Crippen LogP contribution in [0.3, 0.4) is 0 Å². The molecule has 1 fully saturated rings. The van der Waals surface area contributed by atoms with Gasteiger partial charge in [-0.05, 0) is 31.7 Å². The number of nitrogens with zero attached hydrogens (tertiary/aromatic N) is 4. The minimum atomic E-state index is -0.296. The molecule has 3 aromatic rings. The predicted octanol–water partition coefficient (Wildman–Crippen LogP) is 2.38. The highest BCUT2D eigenvalue weighted by molar-refractivity contribution is 7.18. The van der Waals surface area contributed by atoms with Crippen molar-refractivity contribution in [2.75, 3.05) is 0 Å². The second-order valence-electron chi connectivity index (χ2n) is 7.24. The van der Waals surface area contributed by atoms with Gasteiger partial charge in [-0.15, -0.1) is 16.4 Å². The van der Waals surface area contributed by atoms with Crippen molar-refractivity contribution in [2.24, 2.45) is 0 Å². The Kier molecular flexibility index (Phi) is 4.10. The Morgan fingerprint density at radius 3 is 2.73 bits per heavy atom. The van der Waals surface area contributed by atoms with Crippen LogP contribution in [0.2, 0.25) is 0 Å². The summed E-state index contributed by atoms with van der Waals surface area (Å²) in [5, 5.41) is 8.40. The van der Waals surface area contributed by atoms with Gasteiger partial charge in [-0.3, -0.25) is 4.79 Å². The molecule has 0 aliphatic heterocycles. The molecule has 0 aromatic carbocycles. The van der Waals surface area contributed by atoms with E-state index in [1.54, 1.807) is 15.7 Å². The van der Waals surface area contributed by atoms with Crippen LogP contribution in [0.5, 0.6) is 0 Å².